The third-order valence-corrected chi connectivity index (χ3v) is 3.88. The molecule has 0 aromatic carbocycles. The maximum atomic E-state index is 12.1. The number of carbonyl (C=O) groups excluding carboxylic acids is 1. The van der Waals surface area contributed by atoms with Crippen molar-refractivity contribution in [2.24, 2.45) is 5.92 Å². The zero-order chi connectivity index (χ0) is 14.7. The van der Waals surface area contributed by atoms with Crippen LogP contribution in [0.2, 0.25) is 0 Å². The number of anilines is 1. The van der Waals surface area contributed by atoms with Gasteiger partial charge >= 0.3 is 6.03 Å². The summed E-state index contributed by atoms with van der Waals surface area (Å²) in [6.45, 7) is 3.79. The molecule has 1 aromatic heterocycles. The van der Waals surface area contributed by atoms with Gasteiger partial charge in [0, 0.05) is 32.2 Å². The summed E-state index contributed by atoms with van der Waals surface area (Å²) in [5.41, 5.74) is 0. The van der Waals surface area contributed by atoms with Gasteiger partial charge in [-0.05, 0) is 25.8 Å². The van der Waals surface area contributed by atoms with E-state index in [0.717, 1.165) is 19.0 Å². The van der Waals surface area contributed by atoms with Gasteiger partial charge in [-0.25, -0.2) is 4.79 Å². The largest absolute Gasteiger partial charge is 0.373 e. The van der Waals surface area contributed by atoms with Crippen LogP contribution in [0.15, 0.2) is 16.9 Å². The number of nitrogens with zero attached hydrogens (tertiary/aromatic N) is 3. The maximum Gasteiger partial charge on any atom is 0.323 e. The van der Waals surface area contributed by atoms with Crippen molar-refractivity contribution in [3.8, 4) is 0 Å². The monoisotopic (exact) mass is 294 g/mol. The number of rotatable bonds is 5. The lowest BCUT2D eigenvalue weighted by Gasteiger charge is -2.34. The van der Waals surface area contributed by atoms with Gasteiger partial charge in [0.15, 0.2) is 5.82 Å². The zero-order valence-corrected chi connectivity index (χ0v) is 12.3. The molecule has 21 heavy (non-hydrogen) atoms. The van der Waals surface area contributed by atoms with Gasteiger partial charge < -0.3 is 19.1 Å². The van der Waals surface area contributed by atoms with Crippen molar-refractivity contribution in [3.63, 3.8) is 0 Å². The molecule has 1 N–H and O–H groups in total. The van der Waals surface area contributed by atoms with Gasteiger partial charge in [-0.3, -0.25) is 5.32 Å². The highest BCUT2D eigenvalue weighted by molar-refractivity contribution is 5.88. The number of aromatic nitrogens is 1. The van der Waals surface area contributed by atoms with E-state index in [1.165, 1.54) is 19.1 Å². The molecule has 2 heterocycles. The van der Waals surface area contributed by atoms with Crippen LogP contribution in [0, 0.1) is 5.92 Å². The fourth-order valence-corrected chi connectivity index (χ4v) is 2.64. The van der Waals surface area contributed by atoms with E-state index in [-0.39, 0.29) is 12.1 Å². The average Bonchev–Trinajstić information content (AvgIpc) is 3.12. The molecule has 1 unspecified atom stereocenters. The van der Waals surface area contributed by atoms with E-state index in [9.17, 15) is 4.79 Å². The third kappa shape index (κ3) is 4.18. The predicted octanol–water partition coefficient (Wildman–Crippen LogP) is 1.25. The molecule has 3 rings (SSSR count). The van der Waals surface area contributed by atoms with Crippen LogP contribution in [0.25, 0.3) is 0 Å². The number of urea groups is 1. The molecule has 1 atom stereocenters. The van der Waals surface area contributed by atoms with Crippen LogP contribution in [0.5, 0.6) is 0 Å². The summed E-state index contributed by atoms with van der Waals surface area (Å²) in [5.74, 6) is 1.30. The normalized spacial score (nSPS) is 22.6. The lowest BCUT2D eigenvalue weighted by Crippen LogP contribution is -2.50. The Morgan fingerprint density at radius 2 is 2.38 bits per heavy atom. The molecular weight excluding hydrogens is 272 g/mol. The van der Waals surface area contributed by atoms with Crippen molar-refractivity contribution < 1.29 is 14.1 Å². The number of likely N-dealkylation sites (N-methyl/N-ethyl adjacent to an activating group) is 1. The molecule has 1 saturated heterocycles. The van der Waals surface area contributed by atoms with Crippen LogP contribution in [0.4, 0.5) is 10.6 Å². The van der Waals surface area contributed by atoms with E-state index in [4.69, 9.17) is 9.26 Å². The molecule has 1 saturated carbocycles. The highest BCUT2D eigenvalue weighted by Gasteiger charge is 2.28. The van der Waals surface area contributed by atoms with E-state index in [0.29, 0.717) is 25.5 Å². The molecule has 7 heteroatoms. The first-order valence-electron chi connectivity index (χ1n) is 7.47. The molecule has 1 aromatic rings. The number of nitrogens with one attached hydrogen (secondary N) is 1. The fraction of sp³-hybridized carbons (Fsp3) is 0.714. The highest BCUT2D eigenvalue weighted by Crippen LogP contribution is 2.29. The van der Waals surface area contributed by atoms with Gasteiger partial charge in [0.05, 0.1) is 12.7 Å². The minimum atomic E-state index is -0.151. The SMILES string of the molecule is CN(CC1CC1)CC1CN(C(=O)Nc2ccon2)CCO1. The molecule has 0 bridgehead atoms. The lowest BCUT2D eigenvalue weighted by atomic mass is 10.2. The first kappa shape index (κ1) is 14.3. The standard InChI is InChI=1S/C14H22N4O3/c1-17(8-11-2-3-11)9-12-10-18(5-7-20-12)14(19)15-13-4-6-21-16-13/h4,6,11-12H,2-3,5,7-10H2,1H3,(H,15,16,19). The van der Waals surface area contributed by atoms with Crippen LogP contribution in [-0.4, -0.2) is 66.9 Å². The molecule has 2 amide bonds. The highest BCUT2D eigenvalue weighted by atomic mass is 16.5. The van der Waals surface area contributed by atoms with E-state index in [1.54, 1.807) is 11.0 Å². The Hall–Kier alpha value is -1.60. The molecular formula is C14H22N4O3. The number of carbonyl (C=O) groups is 1. The minimum absolute atomic E-state index is 0.0746. The minimum Gasteiger partial charge on any atom is -0.373 e. The summed E-state index contributed by atoms with van der Waals surface area (Å²) < 4.78 is 10.5. The second kappa shape index (κ2) is 6.44. The van der Waals surface area contributed by atoms with Crippen LogP contribution in [0.1, 0.15) is 12.8 Å². The molecule has 1 aliphatic heterocycles. The van der Waals surface area contributed by atoms with Crippen molar-refractivity contribution >= 4 is 11.8 Å². The van der Waals surface area contributed by atoms with E-state index >= 15 is 0 Å². The third-order valence-electron chi connectivity index (χ3n) is 3.88. The fourth-order valence-electron chi connectivity index (χ4n) is 2.64. The van der Waals surface area contributed by atoms with Gasteiger partial charge in [-0.15, -0.1) is 0 Å². The molecule has 116 valence electrons. The number of morpholine rings is 1. The summed E-state index contributed by atoms with van der Waals surface area (Å²) in [5, 5.41) is 6.41. The lowest BCUT2D eigenvalue weighted by molar-refractivity contribution is -0.0261. The molecule has 2 fully saturated rings. The molecule has 1 aliphatic carbocycles. The summed E-state index contributed by atoms with van der Waals surface area (Å²) in [6.07, 6.45) is 4.21. The Bertz CT molecular complexity index is 461. The summed E-state index contributed by atoms with van der Waals surface area (Å²) in [7, 11) is 2.12. The molecule has 0 radical (unpaired) electrons. The number of ether oxygens (including phenoxy) is 1. The van der Waals surface area contributed by atoms with Gasteiger partial charge in [0.25, 0.3) is 0 Å². The first-order valence-corrected chi connectivity index (χ1v) is 7.47. The van der Waals surface area contributed by atoms with Crippen molar-refractivity contribution in [1.29, 1.82) is 0 Å². The number of hydrogen-bond acceptors (Lipinski definition) is 5. The van der Waals surface area contributed by atoms with Crippen LogP contribution in [-0.2, 0) is 4.74 Å². The van der Waals surface area contributed by atoms with Gasteiger partial charge in [-0.2, -0.15) is 0 Å². The van der Waals surface area contributed by atoms with Gasteiger partial charge in [0.2, 0.25) is 0 Å². The first-order chi connectivity index (χ1) is 10.2. The number of hydrogen-bond donors (Lipinski definition) is 1. The van der Waals surface area contributed by atoms with E-state index in [2.05, 4.69) is 22.4 Å². The van der Waals surface area contributed by atoms with Crippen molar-refractivity contribution in [3.05, 3.63) is 12.3 Å². The molecule has 0 spiro atoms. The Morgan fingerprint density at radius 1 is 1.52 bits per heavy atom. The van der Waals surface area contributed by atoms with Crippen LogP contribution < -0.4 is 5.32 Å². The second-order valence-corrected chi connectivity index (χ2v) is 5.92. The summed E-state index contributed by atoms with van der Waals surface area (Å²) in [6, 6.07) is 1.47. The van der Waals surface area contributed by atoms with Crippen LogP contribution >= 0.6 is 0 Å². The quantitative estimate of drug-likeness (QED) is 0.885. The van der Waals surface area contributed by atoms with Crippen molar-refractivity contribution in [1.82, 2.24) is 15.0 Å². The Labute approximate surface area is 124 Å². The maximum absolute atomic E-state index is 12.1. The Morgan fingerprint density at radius 3 is 3.10 bits per heavy atom. The Kier molecular flexibility index (Phi) is 4.40. The van der Waals surface area contributed by atoms with Crippen molar-refractivity contribution in [2.45, 2.75) is 18.9 Å². The average molecular weight is 294 g/mol. The Balaban J connectivity index is 1.46. The van der Waals surface area contributed by atoms with Gasteiger partial charge in [-0.1, -0.05) is 5.16 Å². The second-order valence-electron chi connectivity index (χ2n) is 5.92. The van der Waals surface area contributed by atoms with E-state index in [1.807, 2.05) is 0 Å². The topological polar surface area (TPSA) is 70.8 Å². The predicted molar refractivity (Wildman–Crippen MR) is 77.1 cm³/mol. The number of amides is 2. The molecule has 2 aliphatic rings. The smallest absolute Gasteiger partial charge is 0.323 e. The molecule has 7 nitrogen and oxygen atoms in total. The zero-order valence-electron chi connectivity index (χ0n) is 12.3. The van der Waals surface area contributed by atoms with Crippen molar-refractivity contribution in [2.75, 3.05) is 45.2 Å². The summed E-state index contributed by atoms with van der Waals surface area (Å²) >= 11 is 0. The van der Waals surface area contributed by atoms with E-state index < -0.39 is 0 Å². The van der Waals surface area contributed by atoms with Gasteiger partial charge in [0.1, 0.15) is 6.26 Å². The summed E-state index contributed by atoms with van der Waals surface area (Å²) in [4.78, 5) is 16.2. The van der Waals surface area contributed by atoms with Crippen LogP contribution in [0.3, 0.4) is 0 Å².